The number of terminal acetylenes is 1. The zero-order valence-electron chi connectivity index (χ0n) is 11.5. The molecule has 0 spiro atoms. The van der Waals surface area contributed by atoms with Crippen LogP contribution >= 0.6 is 0 Å². The number of benzene rings is 1. The van der Waals surface area contributed by atoms with Gasteiger partial charge in [-0.25, -0.2) is 9.40 Å². The summed E-state index contributed by atoms with van der Waals surface area (Å²) in [5.41, 5.74) is 0.339. The highest BCUT2D eigenvalue weighted by Gasteiger charge is 2.52. The molecule has 2 saturated heterocycles. The molecule has 0 unspecified atom stereocenters. The van der Waals surface area contributed by atoms with Crippen LogP contribution in [0.25, 0.3) is 0 Å². The first-order valence-corrected chi connectivity index (χ1v) is 6.82. The number of hydrazine groups is 1. The van der Waals surface area contributed by atoms with Gasteiger partial charge in [-0.05, 0) is 31.0 Å². The molecule has 0 saturated carbocycles. The Hall–Kier alpha value is -1.86. The van der Waals surface area contributed by atoms with Gasteiger partial charge in [0.15, 0.2) is 0 Å². The Bertz CT molecular complexity index is 594. The molecule has 2 atom stereocenters. The summed E-state index contributed by atoms with van der Waals surface area (Å²) in [5, 5.41) is 3.83. The number of rotatable bonds is 2. The van der Waals surface area contributed by atoms with Crippen LogP contribution in [0.3, 0.4) is 0 Å². The average molecular weight is 272 g/mol. The van der Waals surface area contributed by atoms with Crippen LogP contribution in [-0.4, -0.2) is 29.0 Å². The number of carbonyl (C=O) groups excluding carboxylic acids is 1. The first-order valence-electron chi connectivity index (χ1n) is 6.82. The summed E-state index contributed by atoms with van der Waals surface area (Å²) in [6.07, 6.45) is 6.66. The molecular formula is C16H17FN2O. The minimum Gasteiger partial charge on any atom is -0.273 e. The summed E-state index contributed by atoms with van der Waals surface area (Å²) in [4.78, 5) is 12.7. The van der Waals surface area contributed by atoms with Gasteiger partial charge in [-0.3, -0.25) is 9.80 Å². The maximum absolute atomic E-state index is 13.4. The van der Waals surface area contributed by atoms with Crippen molar-refractivity contribution in [3.05, 3.63) is 35.6 Å². The lowest BCUT2D eigenvalue weighted by Gasteiger charge is -2.26. The molecule has 0 N–H and O–H groups in total. The van der Waals surface area contributed by atoms with E-state index in [4.69, 9.17) is 6.42 Å². The summed E-state index contributed by atoms with van der Waals surface area (Å²) < 4.78 is 13.4. The molecule has 0 aliphatic carbocycles. The molecule has 1 amide bonds. The summed E-state index contributed by atoms with van der Waals surface area (Å²) in [7, 11) is 0. The van der Waals surface area contributed by atoms with Crippen molar-refractivity contribution in [2.45, 2.75) is 25.8 Å². The Balaban J connectivity index is 1.91. The molecule has 2 aliphatic heterocycles. The predicted molar refractivity (Wildman–Crippen MR) is 73.7 cm³/mol. The zero-order valence-corrected chi connectivity index (χ0v) is 11.5. The van der Waals surface area contributed by atoms with E-state index in [0.29, 0.717) is 13.0 Å². The van der Waals surface area contributed by atoms with Gasteiger partial charge in [-0.2, -0.15) is 0 Å². The number of carbonyl (C=O) groups is 1. The average Bonchev–Trinajstić information content (AvgIpc) is 2.90. The lowest BCUT2D eigenvalue weighted by molar-refractivity contribution is -0.142. The summed E-state index contributed by atoms with van der Waals surface area (Å²) in [6.45, 7) is 3.38. The van der Waals surface area contributed by atoms with Gasteiger partial charge in [0, 0.05) is 19.5 Å². The molecule has 1 aromatic rings. The van der Waals surface area contributed by atoms with Gasteiger partial charge in [-0.15, -0.1) is 12.3 Å². The van der Waals surface area contributed by atoms with Crippen molar-refractivity contribution in [2.75, 3.05) is 13.1 Å². The van der Waals surface area contributed by atoms with Crippen LogP contribution in [0, 0.1) is 23.6 Å². The second-order valence-electron chi connectivity index (χ2n) is 5.84. The lowest BCUT2D eigenvalue weighted by Crippen LogP contribution is -2.36. The van der Waals surface area contributed by atoms with Crippen LogP contribution in [0.5, 0.6) is 0 Å². The highest BCUT2D eigenvalue weighted by molar-refractivity contribution is 5.85. The van der Waals surface area contributed by atoms with Gasteiger partial charge in [0.25, 0.3) is 0 Å². The number of amides is 1. The Morgan fingerprint density at radius 3 is 3.05 bits per heavy atom. The Morgan fingerprint density at radius 1 is 1.55 bits per heavy atom. The fraction of sp³-hybridized carbons (Fsp3) is 0.438. The molecule has 104 valence electrons. The lowest BCUT2D eigenvalue weighted by atomic mass is 9.86. The van der Waals surface area contributed by atoms with E-state index in [0.717, 1.165) is 18.5 Å². The van der Waals surface area contributed by atoms with Crippen molar-refractivity contribution in [3.63, 3.8) is 0 Å². The number of fused-ring (bicyclic) bond motifs is 1. The Kier molecular flexibility index (Phi) is 3.02. The minimum atomic E-state index is -0.513. The van der Waals surface area contributed by atoms with E-state index in [-0.39, 0.29) is 17.8 Å². The minimum absolute atomic E-state index is 0.0576. The maximum atomic E-state index is 13.4. The van der Waals surface area contributed by atoms with Crippen molar-refractivity contribution in [1.82, 2.24) is 10.0 Å². The Labute approximate surface area is 118 Å². The van der Waals surface area contributed by atoms with Gasteiger partial charge in [0.05, 0.1) is 11.5 Å². The van der Waals surface area contributed by atoms with Crippen LogP contribution in [0.15, 0.2) is 24.3 Å². The zero-order chi connectivity index (χ0) is 14.3. The molecule has 0 bridgehead atoms. The first kappa shape index (κ1) is 13.1. The quantitative estimate of drug-likeness (QED) is 0.772. The van der Waals surface area contributed by atoms with Crippen molar-refractivity contribution in [1.29, 1.82) is 0 Å². The van der Waals surface area contributed by atoms with Gasteiger partial charge < -0.3 is 0 Å². The molecule has 3 rings (SSSR count). The number of hydrogen-bond donors (Lipinski definition) is 0. The van der Waals surface area contributed by atoms with Crippen LogP contribution in [0.2, 0.25) is 0 Å². The van der Waals surface area contributed by atoms with Crippen LogP contribution in [0.1, 0.15) is 31.4 Å². The molecule has 1 aromatic carbocycles. The molecule has 2 fully saturated rings. The van der Waals surface area contributed by atoms with Crippen molar-refractivity contribution in [2.24, 2.45) is 5.41 Å². The predicted octanol–water partition coefficient (Wildman–Crippen LogP) is 2.36. The first-order chi connectivity index (χ1) is 9.55. The third-order valence-corrected chi connectivity index (χ3v) is 4.24. The van der Waals surface area contributed by atoms with E-state index in [1.807, 2.05) is 13.0 Å². The smallest absolute Gasteiger partial charge is 0.245 e. The SMILES string of the molecule is C#CC[C@]1(C)CN2CC[C@H](c3cccc(F)c3)N2C1=O. The van der Waals surface area contributed by atoms with Gasteiger partial charge >= 0.3 is 0 Å². The van der Waals surface area contributed by atoms with Gasteiger partial charge in [0.1, 0.15) is 5.82 Å². The largest absolute Gasteiger partial charge is 0.273 e. The van der Waals surface area contributed by atoms with Crippen molar-refractivity contribution in [3.8, 4) is 12.3 Å². The van der Waals surface area contributed by atoms with E-state index in [2.05, 4.69) is 10.9 Å². The molecule has 2 aliphatic rings. The Morgan fingerprint density at radius 2 is 2.35 bits per heavy atom. The summed E-state index contributed by atoms with van der Waals surface area (Å²) >= 11 is 0. The van der Waals surface area contributed by atoms with Crippen LogP contribution < -0.4 is 0 Å². The monoisotopic (exact) mass is 272 g/mol. The third-order valence-electron chi connectivity index (χ3n) is 4.24. The fourth-order valence-corrected chi connectivity index (χ4v) is 3.25. The third kappa shape index (κ3) is 1.90. The highest BCUT2D eigenvalue weighted by atomic mass is 19.1. The van der Waals surface area contributed by atoms with Gasteiger partial charge in [-0.1, -0.05) is 12.1 Å². The highest BCUT2D eigenvalue weighted by Crippen LogP contribution is 2.43. The topological polar surface area (TPSA) is 23.6 Å². The van der Waals surface area contributed by atoms with Crippen molar-refractivity contribution < 1.29 is 9.18 Å². The molecular weight excluding hydrogens is 255 g/mol. The van der Waals surface area contributed by atoms with E-state index in [9.17, 15) is 9.18 Å². The maximum Gasteiger partial charge on any atom is 0.245 e. The standard InChI is InChI=1S/C16H17FN2O/c1-3-8-16(2)11-18-9-7-14(19(18)15(16)20)12-5-4-6-13(17)10-12/h1,4-6,10,14H,7-9,11H2,2H3/t14-,16-/m1/s1. The second kappa shape index (κ2) is 4.60. The molecule has 0 aromatic heterocycles. The molecule has 2 heterocycles. The van der Waals surface area contributed by atoms with Crippen LogP contribution in [0.4, 0.5) is 4.39 Å². The second-order valence-corrected chi connectivity index (χ2v) is 5.84. The molecule has 20 heavy (non-hydrogen) atoms. The summed E-state index contributed by atoms with van der Waals surface area (Å²) in [6, 6.07) is 6.43. The van der Waals surface area contributed by atoms with E-state index in [1.54, 1.807) is 11.1 Å². The molecule has 4 heteroatoms. The van der Waals surface area contributed by atoms with E-state index in [1.165, 1.54) is 12.1 Å². The van der Waals surface area contributed by atoms with Crippen LogP contribution in [-0.2, 0) is 4.79 Å². The number of hydrogen-bond acceptors (Lipinski definition) is 2. The van der Waals surface area contributed by atoms with E-state index < -0.39 is 5.41 Å². The molecule has 3 nitrogen and oxygen atoms in total. The normalized spacial score (nSPS) is 29.6. The number of nitrogens with zero attached hydrogens (tertiary/aromatic N) is 2. The van der Waals surface area contributed by atoms with E-state index >= 15 is 0 Å². The van der Waals surface area contributed by atoms with Gasteiger partial charge in [0.2, 0.25) is 5.91 Å². The summed E-state index contributed by atoms with van der Waals surface area (Å²) in [5.74, 6) is 2.39. The van der Waals surface area contributed by atoms with Crippen molar-refractivity contribution >= 4 is 5.91 Å². The molecule has 0 radical (unpaired) electrons. The fourth-order valence-electron chi connectivity index (χ4n) is 3.25. The number of halogens is 1.